The van der Waals surface area contributed by atoms with Gasteiger partial charge in [0.2, 0.25) is 0 Å². The van der Waals surface area contributed by atoms with E-state index < -0.39 is 5.60 Å². The molecule has 3 aliphatic rings. The summed E-state index contributed by atoms with van der Waals surface area (Å²) in [5.41, 5.74) is -0.410. The largest absolute Gasteiger partial charge is 0.390 e. The molecule has 3 rings (SSSR count). The van der Waals surface area contributed by atoms with Crippen LogP contribution in [-0.4, -0.2) is 36.0 Å². The van der Waals surface area contributed by atoms with Crippen LogP contribution in [0.4, 0.5) is 0 Å². The number of hydrogen-bond donors (Lipinski definition) is 2. The Bertz CT molecular complexity index is 251. The topological polar surface area (TPSA) is 41.5 Å². The lowest BCUT2D eigenvalue weighted by atomic mass is 9.74. The summed E-state index contributed by atoms with van der Waals surface area (Å²) in [4.78, 5) is 0. The SMILES string of the molecule is OC1(CC2CCCCC2)CC2COCC(C1)N2. The molecule has 3 fully saturated rings. The molecule has 2 aliphatic heterocycles. The van der Waals surface area contributed by atoms with E-state index in [-0.39, 0.29) is 0 Å². The maximum atomic E-state index is 10.8. The van der Waals surface area contributed by atoms with E-state index in [0.29, 0.717) is 12.1 Å². The quantitative estimate of drug-likeness (QED) is 0.772. The molecule has 0 aromatic rings. The van der Waals surface area contributed by atoms with E-state index in [2.05, 4.69) is 5.32 Å². The Hall–Kier alpha value is -0.120. The maximum Gasteiger partial charge on any atom is 0.0681 e. The van der Waals surface area contributed by atoms with Crippen LogP contribution >= 0.6 is 0 Å². The molecule has 0 amide bonds. The highest BCUT2D eigenvalue weighted by Gasteiger charge is 2.42. The number of fused-ring (bicyclic) bond motifs is 2. The first kappa shape index (κ1) is 11.9. The molecule has 98 valence electrons. The van der Waals surface area contributed by atoms with Crippen molar-refractivity contribution in [2.24, 2.45) is 5.92 Å². The molecule has 2 saturated heterocycles. The third-order valence-electron chi connectivity index (χ3n) is 4.76. The lowest BCUT2D eigenvalue weighted by Crippen LogP contribution is -2.60. The summed E-state index contributed by atoms with van der Waals surface area (Å²) in [6, 6.07) is 0.771. The van der Waals surface area contributed by atoms with E-state index in [0.717, 1.165) is 38.4 Å². The summed E-state index contributed by atoms with van der Waals surface area (Å²) >= 11 is 0. The average molecular weight is 239 g/mol. The van der Waals surface area contributed by atoms with Gasteiger partial charge in [-0.25, -0.2) is 0 Å². The minimum absolute atomic E-state index is 0.385. The molecule has 2 atom stereocenters. The van der Waals surface area contributed by atoms with E-state index in [9.17, 15) is 5.11 Å². The first-order valence-corrected chi connectivity index (χ1v) is 7.30. The third-order valence-corrected chi connectivity index (χ3v) is 4.76. The van der Waals surface area contributed by atoms with Gasteiger partial charge in [-0.05, 0) is 25.2 Å². The number of rotatable bonds is 2. The molecule has 1 saturated carbocycles. The van der Waals surface area contributed by atoms with E-state index in [1.54, 1.807) is 0 Å². The Balaban J connectivity index is 1.60. The first-order valence-electron chi connectivity index (χ1n) is 7.30. The predicted molar refractivity (Wildman–Crippen MR) is 66.9 cm³/mol. The zero-order valence-electron chi connectivity index (χ0n) is 10.7. The minimum atomic E-state index is -0.410. The molecule has 2 bridgehead atoms. The fourth-order valence-electron chi connectivity index (χ4n) is 4.11. The monoisotopic (exact) mass is 239 g/mol. The fraction of sp³-hybridized carbons (Fsp3) is 1.00. The standard InChI is InChI=1S/C14H25NO2/c16-14(6-11-4-2-1-3-5-11)7-12-9-17-10-13(8-14)15-12/h11-13,15-16H,1-10H2. The van der Waals surface area contributed by atoms with Crippen LogP contribution in [0, 0.1) is 5.92 Å². The van der Waals surface area contributed by atoms with Crippen molar-refractivity contribution in [2.45, 2.75) is 69.1 Å². The minimum Gasteiger partial charge on any atom is -0.390 e. The second-order valence-electron chi connectivity index (χ2n) is 6.44. The van der Waals surface area contributed by atoms with Crippen molar-refractivity contribution < 1.29 is 9.84 Å². The number of ether oxygens (including phenoxy) is 1. The Morgan fingerprint density at radius 1 is 1.06 bits per heavy atom. The van der Waals surface area contributed by atoms with Gasteiger partial charge in [0.15, 0.2) is 0 Å². The molecule has 17 heavy (non-hydrogen) atoms. The number of morpholine rings is 1. The predicted octanol–water partition coefficient (Wildman–Crippen LogP) is 1.84. The van der Waals surface area contributed by atoms with E-state index in [1.807, 2.05) is 0 Å². The number of piperidine rings is 1. The van der Waals surface area contributed by atoms with Gasteiger partial charge in [0.25, 0.3) is 0 Å². The lowest BCUT2D eigenvalue weighted by Gasteiger charge is -2.46. The molecule has 1 aliphatic carbocycles. The molecular weight excluding hydrogens is 214 g/mol. The smallest absolute Gasteiger partial charge is 0.0681 e. The third kappa shape index (κ3) is 2.83. The van der Waals surface area contributed by atoms with Crippen molar-refractivity contribution in [2.75, 3.05) is 13.2 Å². The molecule has 0 spiro atoms. The normalized spacial score (nSPS) is 43.6. The molecular formula is C14H25NO2. The van der Waals surface area contributed by atoms with Gasteiger partial charge in [-0.1, -0.05) is 32.1 Å². The van der Waals surface area contributed by atoms with Gasteiger partial charge < -0.3 is 15.2 Å². The second kappa shape index (κ2) is 4.87. The fourth-order valence-corrected chi connectivity index (χ4v) is 4.11. The van der Waals surface area contributed by atoms with Gasteiger partial charge in [-0.15, -0.1) is 0 Å². The van der Waals surface area contributed by atoms with Crippen LogP contribution in [0.15, 0.2) is 0 Å². The molecule has 2 unspecified atom stereocenters. The van der Waals surface area contributed by atoms with Crippen molar-refractivity contribution in [1.82, 2.24) is 5.32 Å². The van der Waals surface area contributed by atoms with Gasteiger partial charge in [-0.2, -0.15) is 0 Å². The first-order chi connectivity index (χ1) is 8.23. The highest BCUT2D eigenvalue weighted by atomic mass is 16.5. The second-order valence-corrected chi connectivity index (χ2v) is 6.44. The molecule has 2 heterocycles. The highest BCUT2D eigenvalue weighted by molar-refractivity contribution is 4.98. The van der Waals surface area contributed by atoms with Gasteiger partial charge in [0.1, 0.15) is 0 Å². The maximum absolute atomic E-state index is 10.8. The van der Waals surface area contributed by atoms with E-state index in [1.165, 1.54) is 32.1 Å². The Morgan fingerprint density at radius 3 is 2.35 bits per heavy atom. The van der Waals surface area contributed by atoms with Crippen LogP contribution in [0.3, 0.4) is 0 Å². The highest BCUT2D eigenvalue weighted by Crippen LogP contribution is 2.37. The van der Waals surface area contributed by atoms with Crippen LogP contribution < -0.4 is 5.32 Å². The van der Waals surface area contributed by atoms with Crippen molar-refractivity contribution >= 4 is 0 Å². The zero-order valence-corrected chi connectivity index (χ0v) is 10.7. The van der Waals surface area contributed by atoms with Crippen LogP contribution in [0.2, 0.25) is 0 Å². The number of aliphatic hydroxyl groups is 1. The van der Waals surface area contributed by atoms with E-state index >= 15 is 0 Å². The van der Waals surface area contributed by atoms with E-state index in [4.69, 9.17) is 4.74 Å². The van der Waals surface area contributed by atoms with Crippen LogP contribution in [0.1, 0.15) is 51.4 Å². The Labute approximate surface area is 104 Å². The Kier molecular flexibility index (Phi) is 3.42. The molecule has 3 nitrogen and oxygen atoms in total. The average Bonchev–Trinajstić information content (AvgIpc) is 2.28. The van der Waals surface area contributed by atoms with Crippen molar-refractivity contribution in [1.29, 1.82) is 0 Å². The number of hydrogen-bond acceptors (Lipinski definition) is 3. The lowest BCUT2D eigenvalue weighted by molar-refractivity contribution is -0.0885. The number of nitrogens with one attached hydrogen (secondary N) is 1. The van der Waals surface area contributed by atoms with Crippen molar-refractivity contribution in [3.05, 3.63) is 0 Å². The molecule has 0 aromatic carbocycles. The van der Waals surface area contributed by atoms with Crippen LogP contribution in [-0.2, 0) is 4.74 Å². The molecule has 0 aromatic heterocycles. The van der Waals surface area contributed by atoms with Crippen LogP contribution in [0.25, 0.3) is 0 Å². The van der Waals surface area contributed by atoms with Gasteiger partial charge >= 0.3 is 0 Å². The summed E-state index contributed by atoms with van der Waals surface area (Å²) in [5, 5.41) is 14.4. The van der Waals surface area contributed by atoms with Gasteiger partial charge in [-0.3, -0.25) is 0 Å². The molecule has 2 N–H and O–H groups in total. The van der Waals surface area contributed by atoms with Gasteiger partial charge in [0.05, 0.1) is 18.8 Å². The Morgan fingerprint density at radius 2 is 1.71 bits per heavy atom. The summed E-state index contributed by atoms with van der Waals surface area (Å²) < 4.78 is 5.55. The summed E-state index contributed by atoms with van der Waals surface area (Å²) in [7, 11) is 0. The van der Waals surface area contributed by atoms with Crippen molar-refractivity contribution in [3.8, 4) is 0 Å². The molecule has 3 heteroatoms. The summed E-state index contributed by atoms with van der Waals surface area (Å²) in [5.74, 6) is 0.772. The zero-order chi connectivity index (χ0) is 11.7. The van der Waals surface area contributed by atoms with Crippen LogP contribution in [0.5, 0.6) is 0 Å². The van der Waals surface area contributed by atoms with Gasteiger partial charge in [0, 0.05) is 12.1 Å². The molecule has 0 radical (unpaired) electrons. The summed E-state index contributed by atoms with van der Waals surface area (Å²) in [6.07, 6.45) is 9.62. The van der Waals surface area contributed by atoms with Crippen molar-refractivity contribution in [3.63, 3.8) is 0 Å². The summed E-state index contributed by atoms with van der Waals surface area (Å²) in [6.45, 7) is 1.56.